The number of unbranched alkanes of at least 4 members (excludes halogenated alkanes) is 1. The number of benzene rings is 1. The maximum atomic E-state index is 13.7. The van der Waals surface area contributed by atoms with Gasteiger partial charge in [-0.25, -0.2) is 13.2 Å². The average Bonchev–Trinajstić information content (AvgIpc) is 2.71. The quantitative estimate of drug-likeness (QED) is 0.841. The predicted molar refractivity (Wildman–Crippen MR) is 63.4 cm³/mol. The van der Waals surface area contributed by atoms with Crippen LogP contribution in [0.5, 0.6) is 0 Å². The molecule has 0 aliphatic carbocycles. The molecule has 0 amide bonds. The van der Waals surface area contributed by atoms with Crippen LogP contribution in [0, 0.1) is 17.5 Å². The Morgan fingerprint density at radius 3 is 2.67 bits per heavy atom. The second-order valence-electron chi connectivity index (χ2n) is 4.63. The molecule has 1 unspecified atom stereocenters. The van der Waals surface area contributed by atoms with E-state index in [4.69, 9.17) is 5.73 Å². The molecule has 0 saturated carbocycles. The van der Waals surface area contributed by atoms with Gasteiger partial charge in [-0.2, -0.15) is 0 Å². The first-order valence-corrected chi connectivity index (χ1v) is 6.20. The highest BCUT2D eigenvalue weighted by Gasteiger charge is 2.33. The van der Waals surface area contributed by atoms with Gasteiger partial charge in [-0.1, -0.05) is 13.3 Å². The van der Waals surface area contributed by atoms with Crippen LogP contribution in [0.15, 0.2) is 6.07 Å². The molecule has 100 valence electrons. The minimum atomic E-state index is -1.39. The molecule has 18 heavy (non-hydrogen) atoms. The van der Waals surface area contributed by atoms with Crippen LogP contribution >= 0.6 is 0 Å². The molecule has 2 nitrogen and oxygen atoms in total. The monoisotopic (exact) mass is 258 g/mol. The molecule has 0 bridgehead atoms. The number of rotatable bonds is 4. The molecular formula is C13H17F3N2. The Bertz CT molecular complexity index is 448. The van der Waals surface area contributed by atoms with E-state index in [1.54, 1.807) is 0 Å². The van der Waals surface area contributed by atoms with Crippen molar-refractivity contribution in [3.8, 4) is 0 Å². The SMILES string of the molecule is CCCCN1Cc2c(cc(F)c(F)c2F)C1CN. The van der Waals surface area contributed by atoms with E-state index in [9.17, 15) is 13.2 Å². The van der Waals surface area contributed by atoms with E-state index in [2.05, 4.69) is 6.92 Å². The number of hydrogen-bond acceptors (Lipinski definition) is 2. The Morgan fingerprint density at radius 2 is 2.06 bits per heavy atom. The Morgan fingerprint density at radius 1 is 1.33 bits per heavy atom. The van der Waals surface area contributed by atoms with Crippen LogP contribution < -0.4 is 5.73 Å². The molecule has 0 fully saturated rings. The van der Waals surface area contributed by atoms with Gasteiger partial charge in [0.05, 0.1) is 0 Å². The fourth-order valence-electron chi connectivity index (χ4n) is 2.49. The van der Waals surface area contributed by atoms with E-state index < -0.39 is 17.5 Å². The van der Waals surface area contributed by atoms with Crippen molar-refractivity contribution in [1.29, 1.82) is 0 Å². The van der Waals surface area contributed by atoms with Crippen LogP contribution in [0.3, 0.4) is 0 Å². The van der Waals surface area contributed by atoms with E-state index in [1.807, 2.05) is 4.90 Å². The van der Waals surface area contributed by atoms with Crippen molar-refractivity contribution in [3.63, 3.8) is 0 Å². The molecule has 2 rings (SSSR count). The van der Waals surface area contributed by atoms with E-state index >= 15 is 0 Å². The fourth-order valence-corrected chi connectivity index (χ4v) is 2.49. The second kappa shape index (κ2) is 5.28. The summed E-state index contributed by atoms with van der Waals surface area (Å²) in [6.45, 7) is 3.40. The summed E-state index contributed by atoms with van der Waals surface area (Å²) in [4.78, 5) is 1.98. The van der Waals surface area contributed by atoms with Crippen LogP contribution in [0.2, 0.25) is 0 Å². The minimum Gasteiger partial charge on any atom is -0.329 e. The van der Waals surface area contributed by atoms with Crippen LogP contribution in [-0.4, -0.2) is 18.0 Å². The summed E-state index contributed by atoms with van der Waals surface area (Å²) >= 11 is 0. The lowest BCUT2D eigenvalue weighted by Gasteiger charge is -2.23. The van der Waals surface area contributed by atoms with Crippen LogP contribution in [-0.2, 0) is 6.54 Å². The van der Waals surface area contributed by atoms with Gasteiger partial charge in [0.2, 0.25) is 0 Å². The summed E-state index contributed by atoms with van der Waals surface area (Å²) in [5.41, 5.74) is 6.41. The van der Waals surface area contributed by atoms with Gasteiger partial charge in [0.25, 0.3) is 0 Å². The van der Waals surface area contributed by atoms with Crippen molar-refractivity contribution in [2.75, 3.05) is 13.1 Å². The van der Waals surface area contributed by atoms with Crippen molar-refractivity contribution >= 4 is 0 Å². The molecule has 1 aromatic carbocycles. The summed E-state index contributed by atoms with van der Waals surface area (Å²) in [5, 5.41) is 0. The molecule has 1 aromatic rings. The van der Waals surface area contributed by atoms with Gasteiger partial charge in [-0.3, -0.25) is 4.90 Å². The topological polar surface area (TPSA) is 29.3 Å². The highest BCUT2D eigenvalue weighted by atomic mass is 19.2. The molecule has 1 heterocycles. The first kappa shape index (κ1) is 13.4. The molecule has 2 N–H and O–H groups in total. The Labute approximate surface area is 105 Å². The lowest BCUT2D eigenvalue weighted by molar-refractivity contribution is 0.215. The molecular weight excluding hydrogens is 241 g/mol. The van der Waals surface area contributed by atoms with E-state index in [0.717, 1.165) is 25.5 Å². The molecule has 0 aromatic heterocycles. The van der Waals surface area contributed by atoms with Crippen molar-refractivity contribution in [3.05, 3.63) is 34.6 Å². The highest BCUT2D eigenvalue weighted by molar-refractivity contribution is 5.37. The van der Waals surface area contributed by atoms with Gasteiger partial charge < -0.3 is 5.73 Å². The lowest BCUT2D eigenvalue weighted by Crippen LogP contribution is -2.28. The lowest BCUT2D eigenvalue weighted by atomic mass is 10.0. The third-order valence-electron chi connectivity index (χ3n) is 3.48. The van der Waals surface area contributed by atoms with Gasteiger partial charge in [-0.05, 0) is 24.6 Å². The number of fused-ring (bicyclic) bond motifs is 1. The van der Waals surface area contributed by atoms with Gasteiger partial charge in [0.15, 0.2) is 17.5 Å². The molecule has 1 aliphatic rings. The largest absolute Gasteiger partial charge is 0.329 e. The zero-order chi connectivity index (χ0) is 13.3. The molecule has 0 radical (unpaired) electrons. The summed E-state index contributed by atoms with van der Waals surface area (Å²) in [6.07, 6.45) is 1.96. The number of nitrogens with zero attached hydrogens (tertiary/aromatic N) is 1. The van der Waals surface area contributed by atoms with E-state index in [1.165, 1.54) is 0 Å². The van der Waals surface area contributed by atoms with Crippen LogP contribution in [0.25, 0.3) is 0 Å². The van der Waals surface area contributed by atoms with Gasteiger partial charge in [0.1, 0.15) is 0 Å². The Kier molecular flexibility index (Phi) is 3.92. The molecule has 5 heteroatoms. The first-order valence-electron chi connectivity index (χ1n) is 6.20. The molecule has 1 atom stereocenters. The number of nitrogens with two attached hydrogens (primary N) is 1. The number of halogens is 3. The zero-order valence-electron chi connectivity index (χ0n) is 10.3. The zero-order valence-corrected chi connectivity index (χ0v) is 10.3. The van der Waals surface area contributed by atoms with E-state index in [-0.39, 0.29) is 18.2 Å². The van der Waals surface area contributed by atoms with Crippen molar-refractivity contribution in [2.24, 2.45) is 5.73 Å². The van der Waals surface area contributed by atoms with Gasteiger partial charge in [0, 0.05) is 24.7 Å². The standard InChI is InChI=1S/C13H17F3N2/c1-2-3-4-18-7-9-8(11(18)6-17)5-10(14)13(16)12(9)15/h5,11H,2-4,6-7,17H2,1H3. The normalized spacial score (nSPS) is 19.3. The number of hydrogen-bond donors (Lipinski definition) is 1. The van der Waals surface area contributed by atoms with Crippen molar-refractivity contribution in [1.82, 2.24) is 4.90 Å². The van der Waals surface area contributed by atoms with Crippen LogP contribution in [0.4, 0.5) is 13.2 Å². The summed E-state index contributed by atoms with van der Waals surface area (Å²) < 4.78 is 40.1. The first-order chi connectivity index (χ1) is 8.60. The maximum absolute atomic E-state index is 13.7. The Hall–Kier alpha value is -1.07. The van der Waals surface area contributed by atoms with Gasteiger partial charge >= 0.3 is 0 Å². The van der Waals surface area contributed by atoms with Gasteiger partial charge in [-0.15, -0.1) is 0 Å². The third kappa shape index (κ3) is 2.12. The Balaban J connectivity index is 2.35. The average molecular weight is 258 g/mol. The second-order valence-corrected chi connectivity index (χ2v) is 4.63. The summed E-state index contributed by atoms with van der Waals surface area (Å²) in [6, 6.07) is 0.869. The molecule has 0 saturated heterocycles. The fraction of sp³-hybridized carbons (Fsp3) is 0.538. The van der Waals surface area contributed by atoms with E-state index in [0.29, 0.717) is 12.1 Å². The maximum Gasteiger partial charge on any atom is 0.194 e. The third-order valence-corrected chi connectivity index (χ3v) is 3.48. The van der Waals surface area contributed by atoms with Crippen molar-refractivity contribution in [2.45, 2.75) is 32.4 Å². The smallest absolute Gasteiger partial charge is 0.194 e. The molecule has 0 spiro atoms. The van der Waals surface area contributed by atoms with Crippen LogP contribution in [0.1, 0.15) is 36.9 Å². The summed E-state index contributed by atoms with van der Waals surface area (Å²) in [5.74, 6) is -3.59. The minimum absolute atomic E-state index is 0.212. The molecule has 1 aliphatic heterocycles. The van der Waals surface area contributed by atoms with Crippen molar-refractivity contribution < 1.29 is 13.2 Å². The predicted octanol–water partition coefficient (Wildman–Crippen LogP) is 2.72. The highest BCUT2D eigenvalue weighted by Crippen LogP contribution is 2.36. The summed E-state index contributed by atoms with van der Waals surface area (Å²) in [7, 11) is 0.